The maximum Gasteiger partial charge on any atom is 0.245 e. The van der Waals surface area contributed by atoms with Crippen molar-refractivity contribution in [1.82, 2.24) is 4.90 Å². The second-order valence-electron chi connectivity index (χ2n) is 7.63. The van der Waals surface area contributed by atoms with Gasteiger partial charge in [0.1, 0.15) is 12.6 Å². The third-order valence-corrected chi connectivity index (χ3v) is 5.61. The fourth-order valence-corrected chi connectivity index (χ4v) is 4.02. The van der Waals surface area contributed by atoms with E-state index >= 15 is 0 Å². The van der Waals surface area contributed by atoms with E-state index in [1.54, 1.807) is 4.90 Å². The van der Waals surface area contributed by atoms with Crippen LogP contribution in [0.2, 0.25) is 0 Å². The predicted octanol–water partition coefficient (Wildman–Crippen LogP) is 2.57. The molecule has 3 aromatic carbocycles. The highest BCUT2D eigenvalue weighted by Crippen LogP contribution is 2.23. The average molecular weight is 375 g/mol. The number of benzene rings is 3. The Morgan fingerprint density at radius 1 is 0.964 bits per heavy atom. The predicted molar refractivity (Wildman–Crippen MR) is 114 cm³/mol. The second-order valence-corrected chi connectivity index (χ2v) is 7.63. The van der Waals surface area contributed by atoms with Crippen LogP contribution in [-0.4, -0.2) is 43.0 Å². The van der Waals surface area contributed by atoms with Gasteiger partial charge in [-0.15, -0.1) is 0 Å². The first-order valence-electron chi connectivity index (χ1n) is 10.1. The zero-order valence-electron chi connectivity index (χ0n) is 16.4. The van der Waals surface area contributed by atoms with E-state index in [-0.39, 0.29) is 11.9 Å². The van der Waals surface area contributed by atoms with Crippen LogP contribution in [-0.2, 0) is 11.3 Å². The van der Waals surface area contributed by atoms with E-state index in [0.29, 0.717) is 0 Å². The maximum atomic E-state index is 13.0. The van der Waals surface area contributed by atoms with Gasteiger partial charge in [0.25, 0.3) is 0 Å². The Hall–Kier alpha value is -2.85. The summed E-state index contributed by atoms with van der Waals surface area (Å²) in [7, 11) is 0. The lowest BCUT2D eigenvalue weighted by Gasteiger charge is -2.34. The largest absolute Gasteiger partial charge is 0.373 e. The highest BCUT2D eigenvalue weighted by atomic mass is 16.2. The van der Waals surface area contributed by atoms with Gasteiger partial charge < -0.3 is 15.1 Å². The van der Waals surface area contributed by atoms with Gasteiger partial charge in [-0.25, -0.2) is 0 Å². The Bertz CT molecular complexity index is 927. The quantitative estimate of drug-likeness (QED) is 0.720. The van der Waals surface area contributed by atoms with Gasteiger partial charge in [0, 0.05) is 16.6 Å². The lowest BCUT2D eigenvalue weighted by molar-refractivity contribution is -0.917. The van der Waals surface area contributed by atoms with Crippen LogP contribution in [0.4, 0.5) is 5.69 Å². The second kappa shape index (κ2) is 8.44. The first-order valence-corrected chi connectivity index (χ1v) is 10.1. The van der Waals surface area contributed by atoms with Crippen molar-refractivity contribution in [2.24, 2.45) is 0 Å². The highest BCUT2D eigenvalue weighted by molar-refractivity contribution is 5.95. The summed E-state index contributed by atoms with van der Waals surface area (Å²) in [5, 5.41) is 5.77. The van der Waals surface area contributed by atoms with Crippen molar-refractivity contribution in [3.63, 3.8) is 0 Å². The SMILES string of the molecule is C[C@@H](Nc1cccc2ccccc12)C(=O)N1CC[NH+](Cc2ccccc2)CC1. The van der Waals surface area contributed by atoms with E-state index in [1.165, 1.54) is 10.9 Å². The van der Waals surface area contributed by atoms with Crippen molar-refractivity contribution in [1.29, 1.82) is 0 Å². The molecule has 0 spiro atoms. The molecule has 1 fully saturated rings. The minimum atomic E-state index is -0.235. The first-order chi connectivity index (χ1) is 13.7. The molecule has 1 atom stereocenters. The molecule has 0 unspecified atom stereocenters. The van der Waals surface area contributed by atoms with Gasteiger partial charge in [0.05, 0.1) is 26.2 Å². The number of fused-ring (bicyclic) bond motifs is 1. The number of nitrogens with one attached hydrogen (secondary N) is 2. The molecular weight excluding hydrogens is 346 g/mol. The van der Waals surface area contributed by atoms with Crippen LogP contribution >= 0.6 is 0 Å². The molecule has 144 valence electrons. The zero-order chi connectivity index (χ0) is 19.3. The lowest BCUT2D eigenvalue weighted by Crippen LogP contribution is -3.13. The van der Waals surface area contributed by atoms with Crippen LogP contribution in [0, 0.1) is 0 Å². The van der Waals surface area contributed by atoms with Crippen LogP contribution in [0.1, 0.15) is 12.5 Å². The molecule has 2 N–H and O–H groups in total. The molecule has 1 aliphatic rings. The Labute approximate surface area is 166 Å². The van der Waals surface area contributed by atoms with E-state index in [1.807, 2.05) is 36.1 Å². The van der Waals surface area contributed by atoms with Gasteiger partial charge in [0.2, 0.25) is 5.91 Å². The van der Waals surface area contributed by atoms with Crippen molar-refractivity contribution >= 4 is 22.4 Å². The van der Waals surface area contributed by atoms with Gasteiger partial charge in [0.15, 0.2) is 0 Å². The highest BCUT2D eigenvalue weighted by Gasteiger charge is 2.27. The molecule has 1 amide bonds. The number of carbonyl (C=O) groups is 1. The molecule has 0 radical (unpaired) electrons. The van der Waals surface area contributed by atoms with Gasteiger partial charge >= 0.3 is 0 Å². The Morgan fingerprint density at radius 3 is 2.43 bits per heavy atom. The fraction of sp³-hybridized carbons (Fsp3) is 0.292. The Morgan fingerprint density at radius 2 is 1.64 bits per heavy atom. The van der Waals surface area contributed by atoms with Gasteiger partial charge in [-0.3, -0.25) is 4.79 Å². The van der Waals surface area contributed by atoms with E-state index in [9.17, 15) is 4.79 Å². The third-order valence-electron chi connectivity index (χ3n) is 5.61. The summed E-state index contributed by atoms with van der Waals surface area (Å²) in [6.45, 7) is 6.65. The molecule has 0 bridgehead atoms. The van der Waals surface area contributed by atoms with Crippen LogP contribution in [0.15, 0.2) is 72.8 Å². The van der Waals surface area contributed by atoms with Gasteiger partial charge in [-0.05, 0) is 18.4 Å². The van der Waals surface area contributed by atoms with Crippen molar-refractivity contribution in [3.8, 4) is 0 Å². The monoisotopic (exact) mass is 374 g/mol. The normalized spacial score (nSPS) is 16.1. The summed E-state index contributed by atoms with van der Waals surface area (Å²) in [4.78, 5) is 16.5. The fourth-order valence-electron chi connectivity index (χ4n) is 4.02. The van der Waals surface area contributed by atoms with Crippen molar-refractivity contribution < 1.29 is 9.69 Å². The number of hydrogen-bond acceptors (Lipinski definition) is 2. The lowest BCUT2D eigenvalue weighted by atomic mass is 10.1. The first kappa shape index (κ1) is 18.5. The number of anilines is 1. The molecule has 28 heavy (non-hydrogen) atoms. The molecule has 0 saturated carbocycles. The Balaban J connectivity index is 1.34. The molecule has 4 rings (SSSR count). The van der Waals surface area contributed by atoms with Crippen molar-refractivity contribution in [2.75, 3.05) is 31.5 Å². The third kappa shape index (κ3) is 4.18. The van der Waals surface area contributed by atoms with Gasteiger partial charge in [-0.1, -0.05) is 66.7 Å². The molecular formula is C24H28N3O+. The standard InChI is InChI=1S/C24H27N3O/c1-19(25-23-13-7-11-21-10-5-6-12-22(21)23)24(28)27-16-14-26(15-17-27)18-20-8-3-2-4-9-20/h2-13,19,25H,14-18H2,1H3/p+1/t19-/m1/s1. The topological polar surface area (TPSA) is 36.8 Å². The molecule has 4 heteroatoms. The maximum absolute atomic E-state index is 13.0. The number of nitrogens with zero attached hydrogens (tertiary/aromatic N) is 1. The minimum absolute atomic E-state index is 0.187. The molecule has 4 nitrogen and oxygen atoms in total. The van der Waals surface area contributed by atoms with Crippen LogP contribution in [0.5, 0.6) is 0 Å². The number of amides is 1. The summed E-state index contributed by atoms with van der Waals surface area (Å²) >= 11 is 0. The van der Waals surface area contributed by atoms with E-state index < -0.39 is 0 Å². The van der Waals surface area contributed by atoms with Crippen molar-refractivity contribution in [2.45, 2.75) is 19.5 Å². The van der Waals surface area contributed by atoms with Crippen LogP contribution < -0.4 is 10.2 Å². The van der Waals surface area contributed by atoms with E-state index in [0.717, 1.165) is 43.8 Å². The number of hydrogen-bond donors (Lipinski definition) is 2. The molecule has 1 heterocycles. The van der Waals surface area contributed by atoms with E-state index in [4.69, 9.17) is 0 Å². The van der Waals surface area contributed by atoms with Gasteiger partial charge in [-0.2, -0.15) is 0 Å². The number of rotatable bonds is 5. The zero-order valence-corrected chi connectivity index (χ0v) is 16.4. The van der Waals surface area contributed by atoms with Crippen LogP contribution in [0.3, 0.4) is 0 Å². The number of quaternary nitrogens is 1. The average Bonchev–Trinajstić information content (AvgIpc) is 2.75. The van der Waals surface area contributed by atoms with Crippen molar-refractivity contribution in [3.05, 3.63) is 78.4 Å². The summed E-state index contributed by atoms with van der Waals surface area (Å²) < 4.78 is 0. The molecule has 1 aliphatic heterocycles. The number of piperazine rings is 1. The summed E-state index contributed by atoms with van der Waals surface area (Å²) in [6.07, 6.45) is 0. The summed E-state index contributed by atoms with van der Waals surface area (Å²) in [5.74, 6) is 0.187. The summed E-state index contributed by atoms with van der Waals surface area (Å²) in [6, 6.07) is 24.8. The Kier molecular flexibility index (Phi) is 5.58. The van der Waals surface area contributed by atoms with E-state index in [2.05, 4.69) is 53.8 Å². The minimum Gasteiger partial charge on any atom is -0.373 e. The van der Waals surface area contributed by atoms with Crippen LogP contribution in [0.25, 0.3) is 10.8 Å². The summed E-state index contributed by atoms with van der Waals surface area (Å²) in [5.41, 5.74) is 2.38. The molecule has 0 aromatic heterocycles. The number of carbonyl (C=O) groups excluding carboxylic acids is 1. The molecule has 0 aliphatic carbocycles. The molecule has 3 aromatic rings. The smallest absolute Gasteiger partial charge is 0.245 e. The molecule has 1 saturated heterocycles.